The third-order valence-corrected chi connectivity index (χ3v) is 4.04. The number of rotatable bonds is 2. The number of nitrogens with one attached hydrogen (secondary N) is 2. The monoisotopic (exact) mass is 318 g/mol. The molecule has 0 aliphatic carbocycles. The van der Waals surface area contributed by atoms with Crippen LogP contribution in [0.5, 0.6) is 0 Å². The Kier molecular flexibility index (Phi) is 3.62. The number of piperidine rings is 1. The molecule has 0 radical (unpaired) electrons. The fourth-order valence-electron chi connectivity index (χ4n) is 2.80. The van der Waals surface area contributed by atoms with Gasteiger partial charge >= 0.3 is 0 Å². The number of nitrogens with zero attached hydrogens (tertiary/aromatic N) is 4. The maximum Gasteiger partial charge on any atom is 0.263 e. The van der Waals surface area contributed by atoms with E-state index in [-0.39, 0.29) is 23.0 Å². The van der Waals surface area contributed by atoms with Crippen molar-refractivity contribution in [2.24, 2.45) is 0 Å². The first kappa shape index (κ1) is 15.5. The number of aromatic nitrogens is 4. The summed E-state index contributed by atoms with van der Waals surface area (Å²) in [5.74, 6) is 0.562. The highest BCUT2D eigenvalue weighted by molar-refractivity contribution is 5.77. The largest absolute Gasteiger partial charge is 0.351 e. The van der Waals surface area contributed by atoms with E-state index in [1.54, 1.807) is 22.8 Å². The lowest BCUT2D eigenvalue weighted by atomic mass is 10.1. The van der Waals surface area contributed by atoms with Gasteiger partial charge in [-0.05, 0) is 27.2 Å². The smallest absolute Gasteiger partial charge is 0.263 e. The van der Waals surface area contributed by atoms with Gasteiger partial charge in [0.15, 0.2) is 5.65 Å². The van der Waals surface area contributed by atoms with Crippen LogP contribution in [0.4, 0.5) is 5.95 Å². The molecule has 1 aliphatic heterocycles. The molecule has 3 heterocycles. The lowest BCUT2D eigenvalue weighted by Crippen LogP contribution is -2.43. The quantitative estimate of drug-likeness (QED) is 0.858. The van der Waals surface area contributed by atoms with E-state index in [2.05, 4.69) is 20.4 Å². The fourth-order valence-corrected chi connectivity index (χ4v) is 2.80. The zero-order valence-electron chi connectivity index (χ0n) is 13.9. The molecule has 0 bridgehead atoms. The van der Waals surface area contributed by atoms with Gasteiger partial charge in [-0.15, -0.1) is 0 Å². The molecular formula is C15H22N6O2. The highest BCUT2D eigenvalue weighted by Crippen LogP contribution is 2.19. The lowest BCUT2D eigenvalue weighted by Gasteiger charge is -2.30. The van der Waals surface area contributed by atoms with Gasteiger partial charge in [-0.1, -0.05) is 0 Å². The number of likely N-dealkylation sites (N-methyl/N-ethyl adjacent to an activating group) is 1. The van der Waals surface area contributed by atoms with Crippen LogP contribution in [0.15, 0.2) is 11.0 Å². The molecule has 2 N–H and O–H groups in total. The molecule has 1 unspecified atom stereocenters. The second-order valence-electron chi connectivity index (χ2n) is 7.03. The van der Waals surface area contributed by atoms with Crippen LogP contribution in [-0.2, 0) is 10.3 Å². The number of amides is 1. The van der Waals surface area contributed by atoms with E-state index in [1.165, 1.54) is 0 Å². The zero-order chi connectivity index (χ0) is 16.8. The minimum atomic E-state index is -0.267. The first-order valence-electron chi connectivity index (χ1n) is 7.75. The molecule has 0 saturated carbocycles. The molecule has 1 amide bonds. The number of H-pyrrole nitrogens is 1. The molecule has 1 aliphatic rings. The number of hydrogen-bond acceptors (Lipinski definition) is 5. The van der Waals surface area contributed by atoms with Crippen LogP contribution in [0, 0.1) is 0 Å². The Bertz CT molecular complexity index is 800. The number of aromatic amines is 1. The van der Waals surface area contributed by atoms with Crippen LogP contribution in [0.1, 0.15) is 33.6 Å². The zero-order valence-corrected chi connectivity index (χ0v) is 13.9. The SMILES string of the molecule is CN1CC(Nc2nc3c(cnn3C(C)(C)C)c(=O)[nH]2)CCC1=O. The molecule has 124 valence electrons. The molecule has 1 saturated heterocycles. The van der Waals surface area contributed by atoms with Crippen LogP contribution in [0.3, 0.4) is 0 Å². The molecule has 2 aromatic heterocycles. The van der Waals surface area contributed by atoms with Crippen LogP contribution < -0.4 is 10.9 Å². The normalized spacial score (nSPS) is 19.4. The van der Waals surface area contributed by atoms with Crippen LogP contribution >= 0.6 is 0 Å². The second-order valence-corrected chi connectivity index (χ2v) is 7.03. The second kappa shape index (κ2) is 5.36. The highest BCUT2D eigenvalue weighted by atomic mass is 16.2. The lowest BCUT2D eigenvalue weighted by molar-refractivity contribution is -0.132. The Morgan fingerprint density at radius 1 is 1.35 bits per heavy atom. The van der Waals surface area contributed by atoms with Gasteiger partial charge in [0.1, 0.15) is 5.39 Å². The van der Waals surface area contributed by atoms with Crippen LogP contribution in [-0.4, -0.2) is 50.2 Å². The maximum atomic E-state index is 12.2. The van der Waals surface area contributed by atoms with E-state index in [9.17, 15) is 9.59 Å². The molecule has 23 heavy (non-hydrogen) atoms. The van der Waals surface area contributed by atoms with Gasteiger partial charge in [0.25, 0.3) is 5.56 Å². The van der Waals surface area contributed by atoms with Gasteiger partial charge < -0.3 is 10.2 Å². The van der Waals surface area contributed by atoms with Crippen molar-refractivity contribution < 1.29 is 4.79 Å². The molecule has 1 fully saturated rings. The van der Waals surface area contributed by atoms with Gasteiger partial charge in [0, 0.05) is 26.1 Å². The van der Waals surface area contributed by atoms with Crippen molar-refractivity contribution >= 4 is 22.9 Å². The van der Waals surface area contributed by atoms with E-state index >= 15 is 0 Å². The molecule has 2 aromatic rings. The van der Waals surface area contributed by atoms with Crippen LogP contribution in [0.25, 0.3) is 11.0 Å². The third kappa shape index (κ3) is 2.93. The van der Waals surface area contributed by atoms with Gasteiger partial charge in [0.2, 0.25) is 11.9 Å². The standard InChI is InChI=1S/C15H22N6O2/c1-15(2,3)21-12-10(7-16-21)13(23)19-14(18-12)17-9-5-6-11(22)20(4)8-9/h7,9H,5-6,8H2,1-4H3,(H2,17,18,19,23). The van der Waals surface area contributed by atoms with Gasteiger partial charge in [-0.2, -0.15) is 10.1 Å². The maximum absolute atomic E-state index is 12.2. The Hall–Kier alpha value is -2.38. The molecule has 8 heteroatoms. The predicted molar refractivity (Wildman–Crippen MR) is 87.4 cm³/mol. The minimum absolute atomic E-state index is 0.0734. The van der Waals surface area contributed by atoms with Crippen molar-refractivity contribution in [2.45, 2.75) is 45.2 Å². The Morgan fingerprint density at radius 2 is 2.09 bits per heavy atom. The van der Waals surface area contributed by atoms with Gasteiger partial charge in [-0.3, -0.25) is 14.6 Å². The molecule has 8 nitrogen and oxygen atoms in total. The average molecular weight is 318 g/mol. The van der Waals surface area contributed by atoms with E-state index in [0.717, 1.165) is 6.42 Å². The molecule has 1 atom stereocenters. The number of fused-ring (bicyclic) bond motifs is 1. The summed E-state index contributed by atoms with van der Waals surface area (Å²) < 4.78 is 1.75. The fraction of sp³-hybridized carbons (Fsp3) is 0.600. The highest BCUT2D eigenvalue weighted by Gasteiger charge is 2.24. The predicted octanol–water partition coefficient (Wildman–Crippen LogP) is 0.907. The van der Waals surface area contributed by atoms with Crippen molar-refractivity contribution in [3.63, 3.8) is 0 Å². The summed E-state index contributed by atoms with van der Waals surface area (Å²) in [5, 5.41) is 8.00. The Labute approximate surface area is 133 Å². The van der Waals surface area contributed by atoms with Crippen LogP contribution in [0.2, 0.25) is 0 Å². The molecule has 0 spiro atoms. The van der Waals surface area contributed by atoms with Crippen molar-refractivity contribution in [1.29, 1.82) is 0 Å². The summed E-state index contributed by atoms with van der Waals surface area (Å²) in [6.07, 6.45) is 2.77. The van der Waals surface area contributed by atoms with Crippen molar-refractivity contribution in [1.82, 2.24) is 24.6 Å². The summed E-state index contributed by atoms with van der Waals surface area (Å²) in [5.41, 5.74) is 0.0781. The number of anilines is 1. The van der Waals surface area contributed by atoms with Crippen molar-refractivity contribution in [3.05, 3.63) is 16.6 Å². The Balaban J connectivity index is 1.93. The topological polar surface area (TPSA) is 95.9 Å². The first-order valence-corrected chi connectivity index (χ1v) is 7.75. The number of likely N-dealkylation sites (tertiary alicyclic amines) is 1. The van der Waals surface area contributed by atoms with Gasteiger partial charge in [-0.25, -0.2) is 4.68 Å². The summed E-state index contributed by atoms with van der Waals surface area (Å²) >= 11 is 0. The Morgan fingerprint density at radius 3 is 2.74 bits per heavy atom. The number of hydrogen-bond donors (Lipinski definition) is 2. The summed E-state index contributed by atoms with van der Waals surface area (Å²) in [7, 11) is 1.78. The van der Waals surface area contributed by atoms with Crippen molar-refractivity contribution in [2.75, 3.05) is 18.9 Å². The van der Waals surface area contributed by atoms with Gasteiger partial charge in [0.05, 0.1) is 11.7 Å². The van der Waals surface area contributed by atoms with E-state index in [4.69, 9.17) is 0 Å². The first-order chi connectivity index (χ1) is 10.8. The van der Waals surface area contributed by atoms with Crippen molar-refractivity contribution in [3.8, 4) is 0 Å². The summed E-state index contributed by atoms with van der Waals surface area (Å²) in [6.45, 7) is 6.63. The van der Waals surface area contributed by atoms with E-state index in [0.29, 0.717) is 29.9 Å². The average Bonchev–Trinajstić information content (AvgIpc) is 2.87. The van der Waals surface area contributed by atoms with E-state index < -0.39 is 0 Å². The molecule has 0 aromatic carbocycles. The molecule has 3 rings (SSSR count). The number of carbonyl (C=O) groups excluding carboxylic acids is 1. The summed E-state index contributed by atoms with van der Waals surface area (Å²) in [4.78, 5) is 32.8. The summed E-state index contributed by atoms with van der Waals surface area (Å²) in [6, 6.07) is 0.0734. The van der Waals surface area contributed by atoms with E-state index in [1.807, 2.05) is 20.8 Å². The minimum Gasteiger partial charge on any atom is -0.351 e. The number of carbonyl (C=O) groups is 1. The molecular weight excluding hydrogens is 296 g/mol. The third-order valence-electron chi connectivity index (χ3n) is 4.04.